The molecule has 0 saturated heterocycles. The molecule has 2 aromatic carbocycles. The van der Waals surface area contributed by atoms with Crippen LogP contribution in [0, 0.1) is 11.3 Å². The van der Waals surface area contributed by atoms with Gasteiger partial charge in [-0.25, -0.2) is 0 Å². The largest absolute Gasteiger partial charge is 0.399 e. The molecule has 0 saturated carbocycles. The van der Waals surface area contributed by atoms with E-state index >= 15 is 0 Å². The number of hydrogen-bond donors (Lipinski definition) is 1. The molecular formula is C16H17N3. The number of nitrogen functional groups attached to an aromatic ring is 1. The topological polar surface area (TPSA) is 53.0 Å². The highest BCUT2D eigenvalue weighted by atomic mass is 15.1. The van der Waals surface area contributed by atoms with Crippen LogP contribution in [-0.4, -0.2) is 11.9 Å². The maximum absolute atomic E-state index is 9.07. The van der Waals surface area contributed by atoms with Gasteiger partial charge in [-0.15, -0.1) is 0 Å². The number of benzene rings is 2. The van der Waals surface area contributed by atoms with E-state index in [1.807, 2.05) is 49.5 Å². The molecule has 0 fully saturated rings. The lowest BCUT2D eigenvalue weighted by atomic mass is 10.1. The maximum Gasteiger partial charge on any atom is 0.0995 e. The van der Waals surface area contributed by atoms with E-state index in [1.54, 1.807) is 0 Å². The molecule has 2 rings (SSSR count). The van der Waals surface area contributed by atoms with Gasteiger partial charge in [0.25, 0.3) is 0 Å². The Morgan fingerprint density at radius 2 is 1.89 bits per heavy atom. The zero-order valence-corrected chi connectivity index (χ0v) is 11.0. The number of hydrogen-bond acceptors (Lipinski definition) is 3. The van der Waals surface area contributed by atoms with Gasteiger partial charge in [0.15, 0.2) is 0 Å². The van der Waals surface area contributed by atoms with Gasteiger partial charge in [0.1, 0.15) is 0 Å². The second-order valence-corrected chi connectivity index (χ2v) is 4.69. The second kappa shape index (κ2) is 6.03. The minimum Gasteiger partial charge on any atom is -0.399 e. The van der Waals surface area contributed by atoms with Crippen LogP contribution in [0.4, 0.5) is 5.69 Å². The fraction of sp³-hybridized carbons (Fsp3) is 0.188. The van der Waals surface area contributed by atoms with Crippen LogP contribution in [0.25, 0.3) is 0 Å². The van der Waals surface area contributed by atoms with Gasteiger partial charge in [0, 0.05) is 18.8 Å². The third-order valence-electron chi connectivity index (χ3n) is 2.98. The number of nitrogens with two attached hydrogens (primary N) is 1. The van der Waals surface area contributed by atoms with Gasteiger partial charge in [0.2, 0.25) is 0 Å². The summed E-state index contributed by atoms with van der Waals surface area (Å²) in [7, 11) is 2.04. The highest BCUT2D eigenvalue weighted by Gasteiger charge is 2.05. The van der Waals surface area contributed by atoms with Crippen molar-refractivity contribution in [3.05, 3.63) is 65.2 Å². The van der Waals surface area contributed by atoms with Crippen LogP contribution in [0.1, 0.15) is 16.7 Å². The molecule has 0 heterocycles. The molecule has 96 valence electrons. The van der Waals surface area contributed by atoms with E-state index < -0.39 is 0 Å². The molecule has 2 aromatic rings. The van der Waals surface area contributed by atoms with Crippen LogP contribution in [0.2, 0.25) is 0 Å². The van der Waals surface area contributed by atoms with Crippen LogP contribution in [-0.2, 0) is 13.1 Å². The van der Waals surface area contributed by atoms with Gasteiger partial charge in [-0.05, 0) is 36.4 Å². The van der Waals surface area contributed by atoms with E-state index in [1.165, 1.54) is 5.56 Å². The Balaban J connectivity index is 2.06. The molecule has 0 unspecified atom stereocenters. The van der Waals surface area contributed by atoms with Crippen molar-refractivity contribution in [2.75, 3.05) is 12.8 Å². The summed E-state index contributed by atoms with van der Waals surface area (Å²) in [6.07, 6.45) is 0. The van der Waals surface area contributed by atoms with Crippen LogP contribution in [0.3, 0.4) is 0 Å². The van der Waals surface area contributed by atoms with Gasteiger partial charge in [-0.2, -0.15) is 5.26 Å². The van der Waals surface area contributed by atoms with Crippen LogP contribution in [0.15, 0.2) is 48.5 Å². The Kier molecular flexibility index (Phi) is 4.17. The third kappa shape index (κ3) is 3.57. The molecule has 0 atom stereocenters. The summed E-state index contributed by atoms with van der Waals surface area (Å²) < 4.78 is 0. The first-order valence-corrected chi connectivity index (χ1v) is 6.20. The molecule has 0 bridgehead atoms. The lowest BCUT2D eigenvalue weighted by Gasteiger charge is -2.17. The van der Waals surface area contributed by atoms with E-state index in [4.69, 9.17) is 11.0 Å². The molecule has 19 heavy (non-hydrogen) atoms. The van der Waals surface area contributed by atoms with E-state index in [0.29, 0.717) is 0 Å². The number of rotatable bonds is 4. The van der Waals surface area contributed by atoms with Gasteiger partial charge in [-0.3, -0.25) is 4.90 Å². The minimum absolute atomic E-state index is 0.738. The predicted molar refractivity (Wildman–Crippen MR) is 77.2 cm³/mol. The van der Waals surface area contributed by atoms with Gasteiger partial charge < -0.3 is 5.73 Å². The van der Waals surface area contributed by atoms with Crippen molar-refractivity contribution in [3.8, 4) is 6.07 Å². The molecule has 3 nitrogen and oxygen atoms in total. The molecule has 0 aliphatic heterocycles. The normalized spacial score (nSPS) is 10.4. The highest BCUT2D eigenvalue weighted by Crippen LogP contribution is 2.13. The Bertz CT molecular complexity index is 599. The van der Waals surface area contributed by atoms with E-state index in [2.05, 4.69) is 17.0 Å². The van der Waals surface area contributed by atoms with Crippen molar-refractivity contribution in [3.63, 3.8) is 0 Å². The molecule has 0 aliphatic rings. The van der Waals surface area contributed by atoms with E-state index in [0.717, 1.165) is 29.9 Å². The number of anilines is 1. The van der Waals surface area contributed by atoms with Crippen molar-refractivity contribution in [2.24, 2.45) is 0 Å². The smallest absolute Gasteiger partial charge is 0.0995 e. The lowest BCUT2D eigenvalue weighted by molar-refractivity contribution is 0.319. The Morgan fingerprint density at radius 3 is 2.63 bits per heavy atom. The molecule has 0 radical (unpaired) electrons. The van der Waals surface area contributed by atoms with Crippen molar-refractivity contribution < 1.29 is 0 Å². The molecule has 0 amide bonds. The fourth-order valence-electron chi connectivity index (χ4n) is 2.12. The first-order valence-electron chi connectivity index (χ1n) is 6.20. The first-order chi connectivity index (χ1) is 9.19. The summed E-state index contributed by atoms with van der Waals surface area (Å²) in [4.78, 5) is 2.17. The zero-order valence-electron chi connectivity index (χ0n) is 11.0. The monoisotopic (exact) mass is 251 g/mol. The Labute approximate surface area is 113 Å². The fourth-order valence-corrected chi connectivity index (χ4v) is 2.12. The second-order valence-electron chi connectivity index (χ2n) is 4.69. The average molecular weight is 251 g/mol. The van der Waals surface area contributed by atoms with Gasteiger partial charge in [0.05, 0.1) is 11.6 Å². The van der Waals surface area contributed by atoms with Gasteiger partial charge >= 0.3 is 0 Å². The molecule has 3 heteroatoms. The molecular weight excluding hydrogens is 234 g/mol. The first kappa shape index (κ1) is 13.1. The molecule has 0 spiro atoms. The quantitative estimate of drug-likeness (QED) is 0.850. The van der Waals surface area contributed by atoms with Gasteiger partial charge in [-0.1, -0.05) is 30.3 Å². The van der Waals surface area contributed by atoms with Crippen LogP contribution >= 0.6 is 0 Å². The minimum atomic E-state index is 0.738. The summed E-state index contributed by atoms with van der Waals surface area (Å²) in [5, 5.41) is 9.07. The molecule has 0 aromatic heterocycles. The summed E-state index contributed by atoms with van der Waals surface area (Å²) in [6.45, 7) is 1.56. The average Bonchev–Trinajstić information content (AvgIpc) is 2.39. The third-order valence-corrected chi connectivity index (χ3v) is 2.98. The summed E-state index contributed by atoms with van der Waals surface area (Å²) in [5.41, 5.74) is 9.52. The Morgan fingerprint density at radius 1 is 1.11 bits per heavy atom. The number of nitrogens with zero attached hydrogens (tertiary/aromatic N) is 2. The summed E-state index contributed by atoms with van der Waals surface area (Å²) in [5.74, 6) is 0. The van der Waals surface area contributed by atoms with Crippen molar-refractivity contribution in [2.45, 2.75) is 13.1 Å². The predicted octanol–water partition coefficient (Wildman–Crippen LogP) is 2.77. The SMILES string of the molecule is CN(Cc1cccc(N)c1)Cc1ccccc1C#N. The van der Waals surface area contributed by atoms with Crippen LogP contribution in [0.5, 0.6) is 0 Å². The number of nitriles is 1. The zero-order chi connectivity index (χ0) is 13.7. The standard InChI is InChI=1S/C16H17N3/c1-19(11-13-5-4-8-16(18)9-13)12-15-7-3-2-6-14(15)10-17/h2-9H,11-12,18H2,1H3. The van der Waals surface area contributed by atoms with E-state index in [-0.39, 0.29) is 0 Å². The van der Waals surface area contributed by atoms with Crippen molar-refractivity contribution in [1.82, 2.24) is 4.90 Å². The summed E-state index contributed by atoms with van der Waals surface area (Å²) in [6, 6.07) is 17.8. The maximum atomic E-state index is 9.07. The highest BCUT2D eigenvalue weighted by molar-refractivity contribution is 5.41. The van der Waals surface area contributed by atoms with Crippen LogP contribution < -0.4 is 5.73 Å². The molecule has 2 N–H and O–H groups in total. The molecule has 0 aliphatic carbocycles. The van der Waals surface area contributed by atoms with E-state index in [9.17, 15) is 0 Å². The van der Waals surface area contributed by atoms with Crippen molar-refractivity contribution in [1.29, 1.82) is 5.26 Å². The summed E-state index contributed by atoms with van der Waals surface area (Å²) >= 11 is 0. The Hall–Kier alpha value is -2.31. The van der Waals surface area contributed by atoms with Crippen molar-refractivity contribution >= 4 is 5.69 Å². The lowest BCUT2D eigenvalue weighted by Crippen LogP contribution is -2.18.